The Kier molecular flexibility index (Phi) is 7.47. The third-order valence-corrected chi connectivity index (χ3v) is 2.90. The topological polar surface area (TPSA) is 46.5 Å². The fourth-order valence-electron chi connectivity index (χ4n) is 0.625. The largest absolute Gasteiger partial charge is 0.396 e. The van der Waals surface area contributed by atoms with Crippen LogP contribution >= 0.6 is 8.03 Å². The highest BCUT2D eigenvalue weighted by Gasteiger charge is 2.01. The van der Waals surface area contributed by atoms with Gasteiger partial charge in [0.15, 0.2) is 0 Å². The van der Waals surface area contributed by atoms with Crippen LogP contribution in [0.5, 0.6) is 0 Å². The average molecular weight is 192 g/mol. The summed E-state index contributed by atoms with van der Waals surface area (Å²) in [5, 5.41) is 9.13. The van der Waals surface area contributed by atoms with Gasteiger partial charge in [-0.25, -0.2) is 0 Å². The molecule has 72 valence electrons. The summed E-state index contributed by atoms with van der Waals surface area (Å²) >= 11 is 0. The summed E-state index contributed by atoms with van der Waals surface area (Å²) in [4.78, 5) is 0. The molecule has 0 fully saturated rings. The maximum absolute atomic E-state index is 11.1. The lowest BCUT2D eigenvalue weighted by Crippen LogP contribution is -1.90. The van der Waals surface area contributed by atoms with E-state index >= 15 is 0 Å². The normalized spacial score (nSPS) is 12.8. The van der Waals surface area contributed by atoms with Gasteiger partial charge >= 0.3 is 0 Å². The van der Waals surface area contributed by atoms with E-state index in [1.54, 1.807) is 0 Å². The van der Waals surface area contributed by atoms with Crippen LogP contribution in [-0.4, -0.2) is 18.3 Å². The molecule has 1 atom stereocenters. The van der Waals surface area contributed by atoms with Crippen molar-refractivity contribution < 1.29 is 14.2 Å². The van der Waals surface area contributed by atoms with Gasteiger partial charge < -0.3 is 9.63 Å². The second-order valence-corrected chi connectivity index (χ2v) is 4.09. The molecule has 4 heteroatoms. The Morgan fingerprint density at radius 2 is 2.25 bits per heavy atom. The fraction of sp³-hybridized carbons (Fsp3) is 0.750. The SMILES string of the molecule is C=C(CC)[PH](=O)OCCCCO. The van der Waals surface area contributed by atoms with Crippen molar-refractivity contribution in [2.24, 2.45) is 0 Å². The molecule has 0 saturated carbocycles. The van der Waals surface area contributed by atoms with Crippen molar-refractivity contribution >= 4 is 8.03 Å². The molecular weight excluding hydrogens is 175 g/mol. The highest BCUT2D eigenvalue weighted by Crippen LogP contribution is 2.33. The fourth-order valence-corrected chi connectivity index (χ4v) is 1.45. The molecule has 0 aliphatic heterocycles. The zero-order chi connectivity index (χ0) is 9.40. The summed E-state index contributed by atoms with van der Waals surface area (Å²) in [7, 11) is -2.02. The van der Waals surface area contributed by atoms with Gasteiger partial charge in [-0.2, -0.15) is 0 Å². The minimum atomic E-state index is -2.02. The Morgan fingerprint density at radius 1 is 1.58 bits per heavy atom. The van der Waals surface area contributed by atoms with Gasteiger partial charge in [-0.15, -0.1) is 0 Å². The van der Waals surface area contributed by atoms with Crippen molar-refractivity contribution in [3.05, 3.63) is 11.9 Å². The molecule has 0 saturated heterocycles. The smallest absolute Gasteiger partial charge is 0.216 e. The molecule has 0 aromatic carbocycles. The molecule has 1 unspecified atom stereocenters. The number of aliphatic hydroxyl groups is 1. The van der Waals surface area contributed by atoms with Gasteiger partial charge in [-0.1, -0.05) is 13.5 Å². The van der Waals surface area contributed by atoms with Crippen LogP contribution in [-0.2, 0) is 9.09 Å². The van der Waals surface area contributed by atoms with Crippen LogP contribution in [0.2, 0.25) is 0 Å². The van der Waals surface area contributed by atoms with E-state index < -0.39 is 8.03 Å². The first-order valence-electron chi connectivity index (χ1n) is 4.18. The molecule has 12 heavy (non-hydrogen) atoms. The minimum absolute atomic E-state index is 0.166. The molecule has 0 aliphatic rings. The molecule has 0 aliphatic carbocycles. The minimum Gasteiger partial charge on any atom is -0.396 e. The Hall–Kier alpha value is -0.110. The Morgan fingerprint density at radius 3 is 2.75 bits per heavy atom. The molecule has 3 nitrogen and oxygen atoms in total. The summed E-state index contributed by atoms with van der Waals surface area (Å²) in [6.07, 6.45) is 2.16. The number of hydrogen-bond acceptors (Lipinski definition) is 3. The molecule has 0 radical (unpaired) electrons. The van der Waals surface area contributed by atoms with E-state index in [0.717, 1.165) is 6.42 Å². The number of rotatable bonds is 7. The molecule has 1 N–H and O–H groups in total. The van der Waals surface area contributed by atoms with Gasteiger partial charge in [0.05, 0.1) is 6.61 Å². The number of allylic oxidation sites excluding steroid dienone is 1. The van der Waals surface area contributed by atoms with Crippen LogP contribution < -0.4 is 0 Å². The number of unbranched alkanes of at least 4 members (excludes halogenated alkanes) is 1. The molecule has 0 aromatic rings. The van der Waals surface area contributed by atoms with Crippen LogP contribution in [0.25, 0.3) is 0 Å². The molecule has 0 heterocycles. The Balaban J connectivity index is 3.38. The van der Waals surface area contributed by atoms with Crippen LogP contribution in [0.1, 0.15) is 26.2 Å². The van der Waals surface area contributed by atoms with Crippen molar-refractivity contribution in [1.29, 1.82) is 0 Å². The van der Waals surface area contributed by atoms with E-state index in [-0.39, 0.29) is 6.61 Å². The number of aliphatic hydroxyl groups excluding tert-OH is 1. The second kappa shape index (κ2) is 7.53. The first kappa shape index (κ1) is 11.9. The zero-order valence-electron chi connectivity index (χ0n) is 7.51. The lowest BCUT2D eigenvalue weighted by molar-refractivity contribution is 0.258. The van der Waals surface area contributed by atoms with Crippen LogP contribution in [0.3, 0.4) is 0 Å². The summed E-state index contributed by atoms with van der Waals surface area (Å²) < 4.78 is 16.2. The average Bonchev–Trinajstić information content (AvgIpc) is 2.10. The van der Waals surface area contributed by atoms with Crippen molar-refractivity contribution in [2.75, 3.05) is 13.2 Å². The predicted octanol–water partition coefficient (Wildman–Crippen LogP) is 2.17. The van der Waals surface area contributed by atoms with E-state index in [4.69, 9.17) is 9.63 Å². The van der Waals surface area contributed by atoms with Gasteiger partial charge in [-0.3, -0.25) is 4.57 Å². The first-order chi connectivity index (χ1) is 5.72. The molecule has 0 rings (SSSR count). The predicted molar refractivity (Wildman–Crippen MR) is 50.7 cm³/mol. The maximum atomic E-state index is 11.1. The van der Waals surface area contributed by atoms with E-state index in [9.17, 15) is 4.57 Å². The quantitative estimate of drug-likeness (QED) is 0.496. The molecule has 0 aromatic heterocycles. The third kappa shape index (κ3) is 5.53. The Labute approximate surface area is 74.3 Å². The van der Waals surface area contributed by atoms with Crippen molar-refractivity contribution in [1.82, 2.24) is 0 Å². The van der Waals surface area contributed by atoms with E-state index in [2.05, 4.69) is 6.58 Å². The van der Waals surface area contributed by atoms with E-state index in [1.807, 2.05) is 6.92 Å². The molecular formula is C8H17O3P. The molecule has 0 amide bonds. The second-order valence-electron chi connectivity index (χ2n) is 2.52. The first-order valence-corrected chi connectivity index (χ1v) is 5.49. The monoisotopic (exact) mass is 192 g/mol. The summed E-state index contributed by atoms with van der Waals surface area (Å²) in [6, 6.07) is 0. The van der Waals surface area contributed by atoms with Crippen LogP contribution in [0, 0.1) is 0 Å². The molecule has 0 bridgehead atoms. The third-order valence-electron chi connectivity index (χ3n) is 1.50. The highest BCUT2D eigenvalue weighted by molar-refractivity contribution is 7.44. The summed E-state index contributed by atoms with van der Waals surface area (Å²) in [5.41, 5.74) is 0. The highest BCUT2D eigenvalue weighted by atomic mass is 31.1. The zero-order valence-corrected chi connectivity index (χ0v) is 8.51. The van der Waals surface area contributed by atoms with Crippen LogP contribution in [0.15, 0.2) is 11.9 Å². The lowest BCUT2D eigenvalue weighted by Gasteiger charge is -2.03. The van der Waals surface area contributed by atoms with Gasteiger partial charge in [-0.05, 0) is 19.3 Å². The van der Waals surface area contributed by atoms with Gasteiger partial charge in [0.1, 0.15) is 0 Å². The lowest BCUT2D eigenvalue weighted by atomic mass is 10.3. The van der Waals surface area contributed by atoms with E-state index in [0.29, 0.717) is 24.8 Å². The number of hydrogen-bond donors (Lipinski definition) is 1. The van der Waals surface area contributed by atoms with Crippen LogP contribution in [0.4, 0.5) is 0 Å². The van der Waals surface area contributed by atoms with Gasteiger partial charge in [0.2, 0.25) is 8.03 Å². The summed E-state index contributed by atoms with van der Waals surface area (Å²) in [5.74, 6) is 0. The van der Waals surface area contributed by atoms with Gasteiger partial charge in [0, 0.05) is 11.9 Å². The van der Waals surface area contributed by atoms with E-state index in [1.165, 1.54) is 0 Å². The Bertz CT molecular complexity index is 156. The van der Waals surface area contributed by atoms with Gasteiger partial charge in [0.25, 0.3) is 0 Å². The maximum Gasteiger partial charge on any atom is 0.216 e. The van der Waals surface area contributed by atoms with Crippen molar-refractivity contribution in [3.63, 3.8) is 0 Å². The van der Waals surface area contributed by atoms with Crippen molar-refractivity contribution in [3.8, 4) is 0 Å². The molecule has 0 spiro atoms. The van der Waals surface area contributed by atoms with Crippen molar-refractivity contribution in [2.45, 2.75) is 26.2 Å². The summed E-state index contributed by atoms with van der Waals surface area (Å²) in [6.45, 7) is 6.16. The standard InChI is InChI=1S/C8H17O3P/c1-3-8(2)12(10)11-7-5-4-6-9/h9,12H,2-7H2,1H3.